The first-order valence-electron chi connectivity index (χ1n) is 13.9. The Morgan fingerprint density at radius 3 is 2.54 bits per heavy atom. The number of ether oxygens (including phenoxy) is 1. The Balaban J connectivity index is 1.22. The second-order valence-electron chi connectivity index (χ2n) is 10.7. The van der Waals surface area contributed by atoms with E-state index in [0.29, 0.717) is 30.9 Å². The van der Waals surface area contributed by atoms with Gasteiger partial charge >= 0.3 is 5.97 Å². The van der Waals surface area contributed by atoms with E-state index >= 15 is 0 Å². The molecule has 0 spiro atoms. The highest BCUT2D eigenvalue weighted by Gasteiger charge is 2.31. The number of esters is 1. The number of anilines is 1. The van der Waals surface area contributed by atoms with E-state index in [1.54, 1.807) is 6.20 Å². The zero-order chi connectivity index (χ0) is 28.3. The molecule has 0 aliphatic carbocycles. The van der Waals surface area contributed by atoms with Crippen molar-refractivity contribution in [3.63, 3.8) is 0 Å². The lowest BCUT2D eigenvalue weighted by Crippen LogP contribution is -2.44. The molecule has 1 atom stereocenters. The van der Waals surface area contributed by atoms with E-state index in [-0.39, 0.29) is 12.5 Å². The molecule has 6 rings (SSSR count). The first-order valence-corrected chi connectivity index (χ1v) is 13.9. The topological polar surface area (TPSA) is 81.4 Å². The van der Waals surface area contributed by atoms with E-state index in [1.165, 1.54) is 11.1 Å². The Morgan fingerprint density at radius 1 is 0.976 bits per heavy atom. The molecule has 3 aromatic carbocycles. The number of nitrogens with one attached hydrogen (secondary N) is 1. The molecule has 0 saturated carbocycles. The molecule has 1 aliphatic heterocycles. The predicted octanol–water partition coefficient (Wildman–Crippen LogP) is 4.90. The lowest BCUT2D eigenvalue weighted by Gasteiger charge is -2.26. The summed E-state index contributed by atoms with van der Waals surface area (Å²) in [5, 5.41) is 8.58. The summed E-state index contributed by atoms with van der Waals surface area (Å²) in [7, 11) is 1.91. The van der Waals surface area contributed by atoms with Crippen molar-refractivity contribution in [1.82, 2.24) is 19.7 Å². The van der Waals surface area contributed by atoms with Crippen LogP contribution in [0.1, 0.15) is 37.5 Å². The molecule has 5 aromatic rings. The second-order valence-corrected chi connectivity index (χ2v) is 10.7. The van der Waals surface area contributed by atoms with Gasteiger partial charge in [-0.15, -0.1) is 0 Å². The number of hydrogen-bond donors (Lipinski definition) is 1. The molecular formula is C33H33N5O3. The molecule has 8 heteroatoms. The third-order valence-corrected chi connectivity index (χ3v) is 7.57. The molecule has 1 amide bonds. The summed E-state index contributed by atoms with van der Waals surface area (Å²) in [6.07, 6.45) is 4.56. The largest absolute Gasteiger partial charge is 0.460 e. The summed E-state index contributed by atoms with van der Waals surface area (Å²) < 4.78 is 9.54. The average Bonchev–Trinajstić information content (AvgIpc) is 3.54. The van der Waals surface area contributed by atoms with E-state index in [1.807, 2.05) is 65.0 Å². The highest BCUT2D eigenvalue weighted by atomic mass is 16.5. The number of amides is 1. The number of benzene rings is 3. The molecule has 0 radical (unpaired) electrons. The summed E-state index contributed by atoms with van der Waals surface area (Å²) >= 11 is 0. The lowest BCUT2D eigenvalue weighted by molar-refractivity contribution is 0.0462. The summed E-state index contributed by atoms with van der Waals surface area (Å²) in [6.45, 7) is 3.85. The van der Waals surface area contributed by atoms with Gasteiger partial charge in [0.25, 0.3) is 5.91 Å². The molecule has 0 saturated heterocycles. The molecule has 2 aromatic heterocycles. The molecule has 1 aliphatic rings. The number of fused-ring (bicyclic) bond motifs is 2. The van der Waals surface area contributed by atoms with Crippen molar-refractivity contribution in [2.45, 2.75) is 32.5 Å². The Kier molecular flexibility index (Phi) is 7.29. The first kappa shape index (κ1) is 26.4. The number of carbonyl (C=O) groups is 2. The van der Waals surface area contributed by atoms with Gasteiger partial charge in [-0.3, -0.25) is 9.48 Å². The van der Waals surface area contributed by atoms with Crippen molar-refractivity contribution in [1.29, 1.82) is 0 Å². The predicted molar refractivity (Wildman–Crippen MR) is 159 cm³/mol. The Bertz CT molecular complexity index is 1690. The minimum Gasteiger partial charge on any atom is -0.460 e. The van der Waals surface area contributed by atoms with Crippen LogP contribution >= 0.6 is 0 Å². The standard InChI is InChI=1S/C33H33N5O3/c1-23-12-14-25(15-13-23)18-37-19-26(22-41-33(40)28-20-36(2)29-11-7-6-10-27(28)29)34-32(39)31-30(37)21-38(35-31)17-16-24-8-4-3-5-9-24/h3-15,20-21,26H,16-19,22H2,1-2H3,(H,34,39)/t26-/m1/s1. The Morgan fingerprint density at radius 2 is 1.73 bits per heavy atom. The zero-order valence-corrected chi connectivity index (χ0v) is 23.3. The van der Waals surface area contributed by atoms with Crippen LogP contribution < -0.4 is 10.2 Å². The van der Waals surface area contributed by atoms with Crippen molar-refractivity contribution in [3.05, 3.63) is 119 Å². The number of para-hydroxylation sites is 1. The van der Waals surface area contributed by atoms with E-state index in [9.17, 15) is 9.59 Å². The normalized spacial score (nSPS) is 14.9. The maximum atomic E-state index is 13.4. The molecule has 3 heterocycles. The van der Waals surface area contributed by atoms with Crippen LogP contribution in [0, 0.1) is 6.92 Å². The van der Waals surface area contributed by atoms with Gasteiger partial charge in [0, 0.05) is 50.0 Å². The van der Waals surface area contributed by atoms with Gasteiger partial charge in [0.05, 0.1) is 17.3 Å². The summed E-state index contributed by atoms with van der Waals surface area (Å²) in [6, 6.07) is 25.9. The number of hydrogen-bond acceptors (Lipinski definition) is 5. The van der Waals surface area contributed by atoms with Crippen LogP contribution in [0.2, 0.25) is 0 Å². The van der Waals surface area contributed by atoms with Gasteiger partial charge in [-0.25, -0.2) is 4.79 Å². The third-order valence-electron chi connectivity index (χ3n) is 7.57. The van der Waals surface area contributed by atoms with Crippen LogP contribution in [0.15, 0.2) is 91.3 Å². The maximum absolute atomic E-state index is 13.4. The second kappa shape index (κ2) is 11.3. The molecule has 0 bridgehead atoms. The van der Waals surface area contributed by atoms with E-state index < -0.39 is 12.0 Å². The SMILES string of the molecule is Cc1ccc(CN2C[C@H](COC(=O)c3cn(C)c4ccccc34)NC(=O)c3nn(CCc4ccccc4)cc32)cc1. The van der Waals surface area contributed by atoms with Crippen molar-refractivity contribution < 1.29 is 14.3 Å². The average molecular weight is 548 g/mol. The van der Waals surface area contributed by atoms with Gasteiger partial charge in [-0.2, -0.15) is 5.10 Å². The molecular weight excluding hydrogens is 514 g/mol. The van der Waals surface area contributed by atoms with Crippen molar-refractivity contribution in [2.24, 2.45) is 7.05 Å². The molecule has 0 fully saturated rings. The van der Waals surface area contributed by atoms with Crippen LogP contribution in [0.3, 0.4) is 0 Å². The molecule has 41 heavy (non-hydrogen) atoms. The van der Waals surface area contributed by atoms with Gasteiger partial charge in [0.15, 0.2) is 5.69 Å². The van der Waals surface area contributed by atoms with E-state index in [4.69, 9.17) is 4.74 Å². The fourth-order valence-corrected chi connectivity index (χ4v) is 5.39. The minimum absolute atomic E-state index is 0.0521. The molecule has 8 nitrogen and oxygen atoms in total. The lowest BCUT2D eigenvalue weighted by atomic mass is 10.1. The quantitative estimate of drug-likeness (QED) is 0.280. The fraction of sp³-hybridized carbons (Fsp3) is 0.242. The van der Waals surface area contributed by atoms with Crippen molar-refractivity contribution >= 4 is 28.5 Å². The number of carbonyl (C=O) groups excluding carboxylic acids is 2. The number of aromatic nitrogens is 3. The van der Waals surface area contributed by atoms with Crippen LogP contribution in [0.4, 0.5) is 5.69 Å². The molecule has 1 N–H and O–H groups in total. The van der Waals surface area contributed by atoms with Crippen LogP contribution in [0.25, 0.3) is 10.9 Å². The minimum atomic E-state index is -0.408. The first-order chi connectivity index (χ1) is 19.9. The number of nitrogens with zero attached hydrogens (tertiary/aromatic N) is 4. The third kappa shape index (κ3) is 5.72. The van der Waals surface area contributed by atoms with E-state index in [0.717, 1.165) is 28.6 Å². The summed E-state index contributed by atoms with van der Waals surface area (Å²) in [5.74, 6) is -0.676. The van der Waals surface area contributed by atoms with Gasteiger partial charge < -0.3 is 19.5 Å². The van der Waals surface area contributed by atoms with Crippen LogP contribution in [0.5, 0.6) is 0 Å². The molecule has 208 valence electrons. The van der Waals surface area contributed by atoms with Crippen molar-refractivity contribution in [3.8, 4) is 0 Å². The zero-order valence-electron chi connectivity index (χ0n) is 23.3. The number of aryl methyl sites for hydroxylation is 4. The van der Waals surface area contributed by atoms with Gasteiger partial charge in [0.1, 0.15) is 6.61 Å². The highest BCUT2D eigenvalue weighted by molar-refractivity contribution is 6.04. The van der Waals surface area contributed by atoms with Crippen LogP contribution in [-0.4, -0.2) is 45.4 Å². The monoisotopic (exact) mass is 547 g/mol. The summed E-state index contributed by atoms with van der Waals surface area (Å²) in [5.41, 5.74) is 6.16. The van der Waals surface area contributed by atoms with Gasteiger partial charge in [-0.05, 0) is 30.5 Å². The highest BCUT2D eigenvalue weighted by Crippen LogP contribution is 2.26. The smallest absolute Gasteiger partial charge is 0.340 e. The van der Waals surface area contributed by atoms with E-state index in [2.05, 4.69) is 58.6 Å². The summed E-state index contributed by atoms with van der Waals surface area (Å²) in [4.78, 5) is 28.6. The van der Waals surface area contributed by atoms with Gasteiger partial charge in [-0.1, -0.05) is 78.4 Å². The fourth-order valence-electron chi connectivity index (χ4n) is 5.39. The Hall–Kier alpha value is -4.85. The van der Waals surface area contributed by atoms with Gasteiger partial charge in [0.2, 0.25) is 0 Å². The van der Waals surface area contributed by atoms with Crippen LogP contribution in [-0.2, 0) is 31.3 Å². The van der Waals surface area contributed by atoms with Crippen molar-refractivity contribution in [2.75, 3.05) is 18.1 Å². The Labute approximate surface area is 239 Å². The number of rotatable bonds is 8. The maximum Gasteiger partial charge on any atom is 0.340 e. The molecule has 0 unspecified atom stereocenters.